The van der Waals surface area contributed by atoms with E-state index in [1.807, 2.05) is 13.8 Å². The highest BCUT2D eigenvalue weighted by atomic mass is 16.5. The summed E-state index contributed by atoms with van der Waals surface area (Å²) in [6.07, 6.45) is 7.30. The second-order valence-corrected chi connectivity index (χ2v) is 6.56. The number of hydrogen-bond acceptors (Lipinski definition) is 5. The van der Waals surface area contributed by atoms with Gasteiger partial charge < -0.3 is 15.0 Å². The quantitative estimate of drug-likeness (QED) is 0.763. The smallest absolute Gasteiger partial charge is 0.328 e. The van der Waals surface area contributed by atoms with E-state index in [0.29, 0.717) is 12.3 Å². The summed E-state index contributed by atoms with van der Waals surface area (Å²) in [4.78, 5) is 42.4. The topological polar surface area (TPSA) is 88.1 Å². The van der Waals surface area contributed by atoms with Crippen LogP contribution in [-0.2, 0) is 19.1 Å². The van der Waals surface area contributed by atoms with E-state index >= 15 is 0 Å². The number of methoxy groups -OCH3 is 1. The zero-order valence-electron chi connectivity index (χ0n) is 14.4. The van der Waals surface area contributed by atoms with Gasteiger partial charge in [-0.2, -0.15) is 4.99 Å². The molecule has 2 rings (SSSR count). The maximum atomic E-state index is 12.9. The lowest BCUT2D eigenvalue weighted by molar-refractivity contribution is -0.147. The molecule has 2 aliphatic rings. The van der Waals surface area contributed by atoms with Crippen LogP contribution in [0.3, 0.4) is 0 Å². The van der Waals surface area contributed by atoms with Crippen molar-refractivity contribution in [1.82, 2.24) is 10.2 Å². The van der Waals surface area contributed by atoms with Crippen molar-refractivity contribution in [1.29, 1.82) is 0 Å². The zero-order chi connectivity index (χ0) is 17.9. The molecule has 0 aromatic carbocycles. The molecule has 0 saturated heterocycles. The van der Waals surface area contributed by atoms with Crippen molar-refractivity contribution in [2.75, 3.05) is 7.11 Å². The molecule has 0 aromatic heterocycles. The minimum Gasteiger partial charge on any atom is -0.467 e. The Bertz CT molecular complexity index is 636. The van der Waals surface area contributed by atoms with E-state index in [4.69, 9.17) is 4.74 Å². The summed E-state index contributed by atoms with van der Waals surface area (Å²) in [6, 6.07) is -0.749. The standard InChI is InChI=1S/C17H23N3O4/c1-11(2)9-12(15(22)24-4)18-16(23)17(3)10-14(21)19-13-7-5-6-8-20(13)17/h5-8,11-12H,9-10H2,1-4H3,(H,18,23). The Morgan fingerprint density at radius 2 is 2.12 bits per heavy atom. The van der Waals surface area contributed by atoms with Gasteiger partial charge in [-0.25, -0.2) is 4.79 Å². The molecular weight excluding hydrogens is 310 g/mol. The minimum absolute atomic E-state index is 0.0594. The second-order valence-electron chi connectivity index (χ2n) is 6.56. The number of hydrogen-bond donors (Lipinski definition) is 1. The number of nitrogens with zero attached hydrogens (tertiary/aromatic N) is 2. The number of nitrogens with one attached hydrogen (secondary N) is 1. The van der Waals surface area contributed by atoms with Gasteiger partial charge in [0.05, 0.1) is 13.5 Å². The number of amidine groups is 1. The Hall–Kier alpha value is -2.44. The molecule has 2 atom stereocenters. The molecule has 0 spiro atoms. The van der Waals surface area contributed by atoms with Crippen LogP contribution in [0.15, 0.2) is 29.4 Å². The van der Waals surface area contributed by atoms with Crippen LogP contribution in [0, 0.1) is 5.92 Å². The average molecular weight is 333 g/mol. The first-order chi connectivity index (χ1) is 11.3. The Balaban J connectivity index is 2.24. The molecule has 0 aromatic rings. The van der Waals surface area contributed by atoms with Gasteiger partial charge in [0.25, 0.3) is 5.91 Å². The molecule has 2 heterocycles. The van der Waals surface area contributed by atoms with Crippen LogP contribution in [-0.4, -0.2) is 47.2 Å². The highest BCUT2D eigenvalue weighted by Gasteiger charge is 2.46. The normalized spacial score (nSPS) is 23.6. The summed E-state index contributed by atoms with van der Waals surface area (Å²) in [5.41, 5.74) is -1.14. The average Bonchev–Trinajstić information content (AvgIpc) is 2.52. The number of aliphatic imine (C=N–C) groups is 1. The zero-order valence-corrected chi connectivity index (χ0v) is 14.4. The molecule has 0 fully saturated rings. The van der Waals surface area contributed by atoms with Gasteiger partial charge in [0.2, 0.25) is 5.91 Å². The van der Waals surface area contributed by atoms with Gasteiger partial charge in [-0.15, -0.1) is 0 Å². The van der Waals surface area contributed by atoms with Gasteiger partial charge in [-0.05, 0) is 31.4 Å². The van der Waals surface area contributed by atoms with Gasteiger partial charge >= 0.3 is 5.97 Å². The van der Waals surface area contributed by atoms with E-state index in [0.717, 1.165) is 0 Å². The molecule has 2 unspecified atom stereocenters. The number of rotatable bonds is 5. The number of amides is 2. The molecule has 1 N–H and O–H groups in total. The lowest BCUT2D eigenvalue weighted by Crippen LogP contribution is -2.62. The van der Waals surface area contributed by atoms with Gasteiger partial charge in [-0.1, -0.05) is 19.9 Å². The van der Waals surface area contributed by atoms with E-state index in [2.05, 4.69) is 10.3 Å². The Kier molecular flexibility index (Phi) is 5.21. The van der Waals surface area contributed by atoms with Crippen molar-refractivity contribution in [3.05, 3.63) is 24.4 Å². The minimum atomic E-state index is -1.14. The first-order valence-electron chi connectivity index (χ1n) is 7.92. The molecule has 2 aliphatic heterocycles. The largest absolute Gasteiger partial charge is 0.467 e. The predicted molar refractivity (Wildman–Crippen MR) is 89.0 cm³/mol. The Morgan fingerprint density at radius 1 is 1.42 bits per heavy atom. The fourth-order valence-corrected chi connectivity index (χ4v) is 2.82. The van der Waals surface area contributed by atoms with Crippen LogP contribution in [0.1, 0.15) is 33.6 Å². The molecule has 0 bridgehead atoms. The monoisotopic (exact) mass is 333 g/mol. The molecular formula is C17H23N3O4. The number of fused-ring (bicyclic) bond motifs is 1. The molecule has 0 radical (unpaired) electrons. The Morgan fingerprint density at radius 3 is 2.75 bits per heavy atom. The molecule has 0 saturated carbocycles. The number of ether oxygens (including phenoxy) is 1. The Labute approximate surface area is 141 Å². The molecule has 7 nitrogen and oxygen atoms in total. The summed E-state index contributed by atoms with van der Waals surface area (Å²) in [6.45, 7) is 5.58. The summed E-state index contributed by atoms with van der Waals surface area (Å²) in [5, 5.41) is 2.74. The summed E-state index contributed by atoms with van der Waals surface area (Å²) in [7, 11) is 1.29. The van der Waals surface area contributed by atoms with Gasteiger partial charge in [0.15, 0.2) is 0 Å². The highest BCUT2D eigenvalue weighted by Crippen LogP contribution is 2.28. The van der Waals surface area contributed by atoms with E-state index in [1.165, 1.54) is 7.11 Å². The maximum absolute atomic E-state index is 12.9. The molecule has 130 valence electrons. The molecule has 7 heteroatoms. The van der Waals surface area contributed by atoms with Crippen LogP contribution in [0.4, 0.5) is 0 Å². The molecule has 0 aliphatic carbocycles. The number of allylic oxidation sites excluding steroid dienone is 2. The van der Waals surface area contributed by atoms with Crippen molar-refractivity contribution in [3.8, 4) is 0 Å². The first kappa shape index (κ1) is 17.9. The second kappa shape index (κ2) is 6.98. The summed E-state index contributed by atoms with van der Waals surface area (Å²) in [5.74, 6) is -0.641. The fraction of sp³-hybridized carbons (Fsp3) is 0.529. The van der Waals surface area contributed by atoms with Crippen LogP contribution in [0.25, 0.3) is 0 Å². The molecule has 24 heavy (non-hydrogen) atoms. The van der Waals surface area contributed by atoms with Crippen molar-refractivity contribution in [3.63, 3.8) is 0 Å². The number of esters is 1. The van der Waals surface area contributed by atoms with E-state index in [9.17, 15) is 14.4 Å². The summed E-state index contributed by atoms with van der Waals surface area (Å²) < 4.78 is 4.78. The highest BCUT2D eigenvalue weighted by molar-refractivity contribution is 6.09. The first-order valence-corrected chi connectivity index (χ1v) is 7.92. The predicted octanol–water partition coefficient (Wildman–Crippen LogP) is 1.16. The van der Waals surface area contributed by atoms with Crippen molar-refractivity contribution in [2.24, 2.45) is 10.9 Å². The third kappa shape index (κ3) is 3.55. The van der Waals surface area contributed by atoms with E-state index in [1.54, 1.807) is 36.3 Å². The van der Waals surface area contributed by atoms with Gasteiger partial charge in [-0.3, -0.25) is 9.59 Å². The van der Waals surface area contributed by atoms with Crippen LogP contribution in [0.5, 0.6) is 0 Å². The maximum Gasteiger partial charge on any atom is 0.328 e. The van der Waals surface area contributed by atoms with Gasteiger partial charge in [0, 0.05) is 6.20 Å². The third-order valence-electron chi connectivity index (χ3n) is 4.09. The van der Waals surface area contributed by atoms with Crippen LogP contribution < -0.4 is 5.32 Å². The van der Waals surface area contributed by atoms with Crippen LogP contribution >= 0.6 is 0 Å². The van der Waals surface area contributed by atoms with Crippen LogP contribution in [0.2, 0.25) is 0 Å². The van der Waals surface area contributed by atoms with Gasteiger partial charge in [0.1, 0.15) is 17.4 Å². The van der Waals surface area contributed by atoms with Crippen molar-refractivity contribution < 1.29 is 19.1 Å². The fourth-order valence-electron chi connectivity index (χ4n) is 2.82. The number of carbonyl (C=O) groups is 3. The SMILES string of the molecule is COC(=O)C(CC(C)C)NC(=O)C1(C)CC(=O)N=C2C=CC=CN21. The lowest BCUT2D eigenvalue weighted by Gasteiger charge is -2.42. The van der Waals surface area contributed by atoms with E-state index in [-0.39, 0.29) is 18.2 Å². The number of carbonyl (C=O) groups excluding carboxylic acids is 3. The summed E-state index contributed by atoms with van der Waals surface area (Å²) >= 11 is 0. The van der Waals surface area contributed by atoms with Crippen molar-refractivity contribution >= 4 is 23.6 Å². The third-order valence-corrected chi connectivity index (χ3v) is 4.09. The van der Waals surface area contributed by atoms with Crippen molar-refractivity contribution in [2.45, 2.75) is 45.2 Å². The molecule has 2 amide bonds. The lowest BCUT2D eigenvalue weighted by atomic mass is 9.90. The van der Waals surface area contributed by atoms with E-state index < -0.39 is 23.5 Å².